The smallest absolute Gasteiger partial charge is 0.304 e. The number of carbonyl (C=O) groups is 2. The molecule has 1 fully saturated rings. The van der Waals surface area contributed by atoms with Gasteiger partial charge < -0.3 is 10.4 Å². The van der Waals surface area contributed by atoms with Gasteiger partial charge in [-0.05, 0) is 40.0 Å². The van der Waals surface area contributed by atoms with Crippen molar-refractivity contribution in [1.82, 2.24) is 10.2 Å². The molecule has 0 aliphatic heterocycles. The van der Waals surface area contributed by atoms with Crippen LogP contribution in [0.15, 0.2) is 0 Å². The van der Waals surface area contributed by atoms with E-state index in [9.17, 15) is 9.59 Å². The lowest BCUT2D eigenvalue weighted by Crippen LogP contribution is -2.52. The minimum absolute atomic E-state index is 0.0101. The van der Waals surface area contributed by atoms with Crippen molar-refractivity contribution in [3.8, 4) is 0 Å². The quantitative estimate of drug-likeness (QED) is 0.703. The van der Waals surface area contributed by atoms with E-state index in [4.69, 9.17) is 5.11 Å². The molecule has 0 spiro atoms. The normalized spacial score (nSPS) is 17.3. The van der Waals surface area contributed by atoms with Gasteiger partial charge >= 0.3 is 5.97 Å². The number of nitrogens with one attached hydrogen (secondary N) is 1. The second-order valence-corrected chi connectivity index (χ2v) is 6.02. The Morgan fingerprint density at radius 1 is 1.42 bits per heavy atom. The fraction of sp³-hybridized carbons (Fsp3) is 0.857. The Kier molecular flexibility index (Phi) is 5.35. The number of hydrogen-bond acceptors (Lipinski definition) is 3. The van der Waals surface area contributed by atoms with E-state index in [-0.39, 0.29) is 23.9 Å². The van der Waals surface area contributed by atoms with Crippen LogP contribution >= 0.6 is 0 Å². The Morgan fingerprint density at radius 3 is 2.42 bits per heavy atom. The molecule has 1 amide bonds. The van der Waals surface area contributed by atoms with E-state index < -0.39 is 5.97 Å². The van der Waals surface area contributed by atoms with Crippen LogP contribution in [0.2, 0.25) is 0 Å². The van der Waals surface area contributed by atoms with E-state index in [2.05, 4.69) is 5.32 Å². The molecule has 0 heterocycles. The number of nitrogens with zero attached hydrogens (tertiary/aromatic N) is 1. The van der Waals surface area contributed by atoms with E-state index in [1.807, 2.05) is 32.6 Å². The van der Waals surface area contributed by atoms with Crippen LogP contribution in [0.25, 0.3) is 0 Å². The lowest BCUT2D eigenvalue weighted by molar-refractivity contribution is -0.138. The molecule has 0 radical (unpaired) electrons. The summed E-state index contributed by atoms with van der Waals surface area (Å²) in [4.78, 5) is 24.9. The third-order valence-corrected chi connectivity index (χ3v) is 3.82. The number of amides is 1. The van der Waals surface area contributed by atoms with Crippen LogP contribution in [0, 0.1) is 0 Å². The predicted molar refractivity (Wildman–Crippen MR) is 74.0 cm³/mol. The molecule has 0 aromatic rings. The first-order valence-electron chi connectivity index (χ1n) is 7.06. The van der Waals surface area contributed by atoms with Gasteiger partial charge in [-0.1, -0.05) is 6.92 Å². The van der Waals surface area contributed by atoms with Crippen molar-refractivity contribution in [1.29, 1.82) is 0 Å². The zero-order valence-corrected chi connectivity index (χ0v) is 12.4. The van der Waals surface area contributed by atoms with Gasteiger partial charge in [-0.15, -0.1) is 0 Å². The highest BCUT2D eigenvalue weighted by Crippen LogP contribution is 2.29. The van der Waals surface area contributed by atoms with E-state index in [1.54, 1.807) is 0 Å². The molecular formula is C14H26N2O3. The molecule has 0 saturated heterocycles. The van der Waals surface area contributed by atoms with Gasteiger partial charge in [0, 0.05) is 18.1 Å². The van der Waals surface area contributed by atoms with Crippen LogP contribution in [-0.4, -0.2) is 46.1 Å². The Hall–Kier alpha value is -1.10. The van der Waals surface area contributed by atoms with Crippen molar-refractivity contribution in [2.24, 2.45) is 0 Å². The average molecular weight is 270 g/mol. The van der Waals surface area contributed by atoms with Gasteiger partial charge in [0.05, 0.1) is 12.5 Å². The summed E-state index contributed by atoms with van der Waals surface area (Å²) in [5.74, 6) is -0.823. The molecule has 0 aromatic heterocycles. The van der Waals surface area contributed by atoms with Crippen LogP contribution in [0.1, 0.15) is 53.4 Å². The molecule has 110 valence electrons. The monoisotopic (exact) mass is 270 g/mol. The molecule has 5 heteroatoms. The molecule has 1 aliphatic carbocycles. The van der Waals surface area contributed by atoms with Gasteiger partial charge in [0.1, 0.15) is 0 Å². The summed E-state index contributed by atoms with van der Waals surface area (Å²) in [6, 6.07) is 0.113. The zero-order valence-electron chi connectivity index (χ0n) is 12.4. The summed E-state index contributed by atoms with van der Waals surface area (Å²) in [7, 11) is 0. The van der Waals surface area contributed by atoms with E-state index >= 15 is 0 Å². The van der Waals surface area contributed by atoms with Gasteiger partial charge in [-0.2, -0.15) is 0 Å². The van der Waals surface area contributed by atoms with Crippen molar-refractivity contribution in [3.63, 3.8) is 0 Å². The highest BCUT2D eigenvalue weighted by molar-refractivity contribution is 5.82. The van der Waals surface area contributed by atoms with Crippen molar-refractivity contribution in [2.75, 3.05) is 6.54 Å². The maximum absolute atomic E-state index is 12.2. The van der Waals surface area contributed by atoms with Gasteiger partial charge in [-0.3, -0.25) is 14.5 Å². The molecule has 1 rings (SSSR count). The summed E-state index contributed by atoms with van der Waals surface area (Å²) >= 11 is 0. The van der Waals surface area contributed by atoms with Gasteiger partial charge in [0.15, 0.2) is 0 Å². The topological polar surface area (TPSA) is 69.6 Å². The Labute approximate surface area is 115 Å². The van der Waals surface area contributed by atoms with Crippen LogP contribution in [-0.2, 0) is 9.59 Å². The molecule has 1 atom stereocenters. The largest absolute Gasteiger partial charge is 0.481 e. The number of carbonyl (C=O) groups excluding carboxylic acids is 1. The SMILES string of the molecule is CCC(C)(C)NC(=O)C(C)N(CCC(=O)O)C1CC1. The van der Waals surface area contributed by atoms with Gasteiger partial charge in [0.25, 0.3) is 0 Å². The van der Waals surface area contributed by atoms with Crippen molar-refractivity contribution in [2.45, 2.75) is 71.0 Å². The molecular weight excluding hydrogens is 244 g/mol. The lowest BCUT2D eigenvalue weighted by Gasteiger charge is -2.32. The summed E-state index contributed by atoms with van der Waals surface area (Å²) in [5, 5.41) is 11.8. The predicted octanol–water partition coefficient (Wildman–Crippen LogP) is 1.62. The highest BCUT2D eigenvalue weighted by Gasteiger charge is 2.36. The Morgan fingerprint density at radius 2 is 2.00 bits per heavy atom. The summed E-state index contributed by atoms with van der Waals surface area (Å²) < 4.78 is 0. The third kappa shape index (κ3) is 5.19. The minimum Gasteiger partial charge on any atom is -0.481 e. The van der Waals surface area contributed by atoms with Crippen molar-refractivity contribution >= 4 is 11.9 Å². The first-order chi connectivity index (χ1) is 8.76. The van der Waals surface area contributed by atoms with Crippen molar-refractivity contribution < 1.29 is 14.7 Å². The number of carboxylic acids is 1. The number of rotatable bonds is 8. The number of carboxylic acid groups (broad SMARTS) is 1. The van der Waals surface area contributed by atoms with Crippen LogP contribution in [0.3, 0.4) is 0 Å². The number of aliphatic carboxylic acids is 1. The third-order valence-electron chi connectivity index (χ3n) is 3.82. The van der Waals surface area contributed by atoms with Crippen LogP contribution in [0.4, 0.5) is 0 Å². The van der Waals surface area contributed by atoms with Crippen molar-refractivity contribution in [3.05, 3.63) is 0 Å². The van der Waals surface area contributed by atoms with E-state index in [0.29, 0.717) is 12.6 Å². The molecule has 2 N–H and O–H groups in total. The molecule has 1 aliphatic rings. The molecule has 0 bridgehead atoms. The summed E-state index contributed by atoms with van der Waals surface area (Å²) in [6.45, 7) is 8.34. The van der Waals surface area contributed by atoms with Gasteiger partial charge in [-0.25, -0.2) is 0 Å². The second kappa shape index (κ2) is 6.37. The minimum atomic E-state index is -0.813. The maximum Gasteiger partial charge on any atom is 0.304 e. The second-order valence-electron chi connectivity index (χ2n) is 6.02. The van der Waals surface area contributed by atoms with Crippen LogP contribution in [0.5, 0.6) is 0 Å². The Bertz CT molecular complexity index is 338. The molecule has 19 heavy (non-hydrogen) atoms. The first-order valence-corrected chi connectivity index (χ1v) is 7.06. The molecule has 1 unspecified atom stereocenters. The molecule has 5 nitrogen and oxygen atoms in total. The molecule has 0 aromatic carbocycles. The average Bonchev–Trinajstić information content (AvgIpc) is 3.12. The zero-order chi connectivity index (χ0) is 14.6. The van der Waals surface area contributed by atoms with E-state index in [1.165, 1.54) is 0 Å². The fourth-order valence-electron chi connectivity index (χ4n) is 2.00. The summed E-state index contributed by atoms with van der Waals surface area (Å²) in [5.41, 5.74) is -0.215. The lowest BCUT2D eigenvalue weighted by atomic mass is 10.0. The highest BCUT2D eigenvalue weighted by atomic mass is 16.4. The Balaban J connectivity index is 2.58. The van der Waals surface area contributed by atoms with Crippen LogP contribution < -0.4 is 5.32 Å². The molecule has 1 saturated carbocycles. The van der Waals surface area contributed by atoms with Gasteiger partial charge in [0.2, 0.25) is 5.91 Å². The maximum atomic E-state index is 12.2. The number of hydrogen-bond donors (Lipinski definition) is 2. The fourth-order valence-corrected chi connectivity index (χ4v) is 2.00. The standard InChI is InChI=1S/C14H26N2O3/c1-5-14(3,4)15-13(19)10(2)16(11-6-7-11)9-8-12(17)18/h10-11H,5-9H2,1-4H3,(H,15,19)(H,17,18). The summed E-state index contributed by atoms with van der Waals surface area (Å²) in [6.07, 6.45) is 3.08. The first kappa shape index (κ1) is 16.0. The van der Waals surface area contributed by atoms with E-state index in [0.717, 1.165) is 19.3 Å².